The van der Waals surface area contributed by atoms with Crippen molar-refractivity contribution in [2.75, 3.05) is 12.9 Å². The highest BCUT2D eigenvalue weighted by molar-refractivity contribution is 7.85. The van der Waals surface area contributed by atoms with E-state index in [0.29, 0.717) is 12.3 Å². The Morgan fingerprint density at radius 1 is 1.30 bits per heavy atom. The van der Waals surface area contributed by atoms with Gasteiger partial charge in [-0.15, -0.1) is 0 Å². The van der Waals surface area contributed by atoms with Crippen molar-refractivity contribution in [2.45, 2.75) is 58.1 Å². The molecule has 2 atom stereocenters. The minimum absolute atomic E-state index is 0.105. The van der Waals surface area contributed by atoms with Gasteiger partial charge in [0.2, 0.25) is 0 Å². The second-order valence-corrected chi connectivity index (χ2v) is 7.98. The number of carbonyl (C=O) groups excluding carboxylic acids is 1. The maximum atomic E-state index is 11.6. The lowest BCUT2D eigenvalue weighted by molar-refractivity contribution is 0.0504. The smallest absolute Gasteiger partial charge is 0.407 e. The van der Waals surface area contributed by atoms with E-state index in [1.807, 2.05) is 20.8 Å². The number of alkyl carbamates (subject to hydrolysis) is 1. The molecule has 0 spiro atoms. The molecule has 1 N–H and O–H groups in total. The molecule has 1 rings (SSSR count). The van der Waals surface area contributed by atoms with Crippen molar-refractivity contribution in [1.29, 1.82) is 0 Å². The van der Waals surface area contributed by atoms with Crippen LogP contribution in [0.25, 0.3) is 0 Å². The third-order valence-corrected chi connectivity index (χ3v) is 3.68. The van der Waals surface area contributed by atoms with E-state index in [9.17, 15) is 13.2 Å². The van der Waals surface area contributed by atoms with Gasteiger partial charge in [0.1, 0.15) is 5.60 Å². The van der Waals surface area contributed by atoms with Gasteiger partial charge in [-0.25, -0.2) is 4.79 Å². The van der Waals surface area contributed by atoms with Crippen LogP contribution in [0.2, 0.25) is 0 Å². The summed E-state index contributed by atoms with van der Waals surface area (Å²) in [7, 11) is -3.36. The summed E-state index contributed by atoms with van der Waals surface area (Å²) in [6.45, 7) is 5.69. The zero-order valence-corrected chi connectivity index (χ0v) is 13.5. The zero-order valence-electron chi connectivity index (χ0n) is 12.6. The lowest BCUT2D eigenvalue weighted by Crippen LogP contribution is -2.37. The van der Waals surface area contributed by atoms with E-state index in [1.165, 1.54) is 0 Å². The largest absolute Gasteiger partial charge is 0.444 e. The van der Waals surface area contributed by atoms with E-state index in [1.54, 1.807) is 0 Å². The van der Waals surface area contributed by atoms with Crippen LogP contribution in [-0.4, -0.2) is 39.0 Å². The predicted molar refractivity (Wildman–Crippen MR) is 75.9 cm³/mol. The van der Waals surface area contributed by atoms with Gasteiger partial charge in [-0.3, -0.25) is 4.18 Å². The highest BCUT2D eigenvalue weighted by Crippen LogP contribution is 2.28. The normalized spacial score (nSPS) is 23.6. The van der Waals surface area contributed by atoms with Crippen molar-refractivity contribution in [3.63, 3.8) is 0 Å². The maximum absolute atomic E-state index is 11.6. The Balaban J connectivity index is 2.25. The van der Waals surface area contributed by atoms with E-state index in [-0.39, 0.29) is 12.6 Å². The average molecular weight is 307 g/mol. The third-order valence-electron chi connectivity index (χ3n) is 3.09. The summed E-state index contributed by atoms with van der Waals surface area (Å²) in [5.41, 5.74) is -0.495. The van der Waals surface area contributed by atoms with Crippen LogP contribution in [0.4, 0.5) is 4.79 Å². The Bertz CT molecular complexity index is 427. The summed E-state index contributed by atoms with van der Waals surface area (Å²) in [6, 6.07) is 0.105. The fraction of sp³-hybridized carbons (Fsp3) is 0.923. The number of amides is 1. The molecule has 0 aromatic carbocycles. The van der Waals surface area contributed by atoms with Gasteiger partial charge in [0, 0.05) is 6.04 Å². The monoisotopic (exact) mass is 307 g/mol. The minimum atomic E-state index is -3.36. The molecule has 118 valence electrons. The number of ether oxygens (including phenoxy) is 1. The van der Waals surface area contributed by atoms with E-state index in [4.69, 9.17) is 8.92 Å². The maximum Gasteiger partial charge on any atom is 0.407 e. The van der Waals surface area contributed by atoms with Crippen LogP contribution in [0, 0.1) is 5.92 Å². The molecule has 1 aliphatic carbocycles. The van der Waals surface area contributed by atoms with E-state index in [2.05, 4.69) is 5.32 Å². The van der Waals surface area contributed by atoms with Crippen molar-refractivity contribution in [3.8, 4) is 0 Å². The summed E-state index contributed by atoms with van der Waals surface area (Å²) in [6.07, 6.45) is 4.05. The zero-order chi connectivity index (χ0) is 15.4. The van der Waals surface area contributed by atoms with Gasteiger partial charge in [-0.2, -0.15) is 8.42 Å². The molecule has 2 unspecified atom stereocenters. The lowest BCUT2D eigenvalue weighted by Gasteiger charge is -2.21. The van der Waals surface area contributed by atoms with Crippen LogP contribution < -0.4 is 5.32 Å². The van der Waals surface area contributed by atoms with Crippen molar-refractivity contribution in [1.82, 2.24) is 5.32 Å². The van der Waals surface area contributed by atoms with Crippen molar-refractivity contribution < 1.29 is 22.1 Å². The Hall–Kier alpha value is -0.820. The Morgan fingerprint density at radius 2 is 1.95 bits per heavy atom. The lowest BCUT2D eigenvalue weighted by atomic mass is 10.0. The molecule has 1 fully saturated rings. The number of nitrogens with one attached hydrogen (secondary N) is 1. The molecule has 1 aliphatic rings. The van der Waals surface area contributed by atoms with Crippen LogP contribution in [0.15, 0.2) is 0 Å². The number of rotatable bonds is 5. The molecule has 7 heteroatoms. The first kappa shape index (κ1) is 17.2. The Morgan fingerprint density at radius 3 is 2.50 bits per heavy atom. The van der Waals surface area contributed by atoms with Crippen LogP contribution in [0.3, 0.4) is 0 Å². The molecule has 0 bridgehead atoms. The molecule has 0 aliphatic heterocycles. The van der Waals surface area contributed by atoms with Gasteiger partial charge in [-0.05, 0) is 52.4 Å². The summed E-state index contributed by atoms with van der Waals surface area (Å²) in [5.74, 6) is 0.386. The molecule has 20 heavy (non-hydrogen) atoms. The number of hydrogen-bond donors (Lipinski definition) is 1. The Labute approximate surface area is 121 Å². The molecule has 1 saturated carbocycles. The average Bonchev–Trinajstić information content (AvgIpc) is 2.60. The minimum Gasteiger partial charge on any atom is -0.444 e. The van der Waals surface area contributed by atoms with Gasteiger partial charge < -0.3 is 10.1 Å². The standard InChI is InChI=1S/C13H25NO5S/c1-13(2,3)19-12(15)14-11-6-5-10(9-11)7-8-18-20(4,16)17/h10-11H,5-9H2,1-4H3,(H,14,15). The van der Waals surface area contributed by atoms with Gasteiger partial charge >= 0.3 is 6.09 Å². The molecule has 0 radical (unpaired) electrons. The first-order valence-corrected chi connectivity index (χ1v) is 8.71. The quantitative estimate of drug-likeness (QED) is 0.786. The number of carbonyl (C=O) groups is 1. The van der Waals surface area contributed by atoms with Crippen molar-refractivity contribution in [3.05, 3.63) is 0 Å². The second-order valence-electron chi connectivity index (χ2n) is 6.34. The highest BCUT2D eigenvalue weighted by atomic mass is 32.2. The predicted octanol–water partition coefficient (Wildman–Crippen LogP) is 2.05. The van der Waals surface area contributed by atoms with Crippen molar-refractivity contribution >= 4 is 16.2 Å². The highest BCUT2D eigenvalue weighted by Gasteiger charge is 2.27. The second kappa shape index (κ2) is 6.76. The molecular weight excluding hydrogens is 282 g/mol. The fourth-order valence-corrected chi connectivity index (χ4v) is 2.71. The van der Waals surface area contributed by atoms with E-state index >= 15 is 0 Å². The van der Waals surface area contributed by atoms with Crippen LogP contribution in [-0.2, 0) is 19.0 Å². The Kier molecular flexibility index (Phi) is 5.82. The van der Waals surface area contributed by atoms with Gasteiger partial charge in [0.25, 0.3) is 10.1 Å². The molecular formula is C13H25NO5S. The summed E-state index contributed by atoms with van der Waals surface area (Å²) in [4.78, 5) is 11.6. The van der Waals surface area contributed by atoms with E-state index < -0.39 is 21.8 Å². The van der Waals surface area contributed by atoms with Gasteiger partial charge in [-0.1, -0.05) is 0 Å². The topological polar surface area (TPSA) is 81.7 Å². The van der Waals surface area contributed by atoms with E-state index in [0.717, 1.165) is 25.5 Å². The molecule has 0 saturated heterocycles. The van der Waals surface area contributed by atoms with Crippen LogP contribution in [0.1, 0.15) is 46.5 Å². The summed E-state index contributed by atoms with van der Waals surface area (Å²) in [5, 5.41) is 2.85. The first-order chi connectivity index (χ1) is 9.05. The molecule has 6 nitrogen and oxygen atoms in total. The van der Waals surface area contributed by atoms with Crippen LogP contribution in [0.5, 0.6) is 0 Å². The van der Waals surface area contributed by atoms with Crippen molar-refractivity contribution in [2.24, 2.45) is 5.92 Å². The third kappa shape index (κ3) is 7.69. The van der Waals surface area contributed by atoms with Crippen LogP contribution >= 0.6 is 0 Å². The SMILES string of the molecule is CC(C)(C)OC(=O)NC1CCC(CCOS(C)(=O)=O)C1. The van der Waals surface area contributed by atoms with Gasteiger partial charge in [0.05, 0.1) is 12.9 Å². The first-order valence-electron chi connectivity index (χ1n) is 6.89. The molecule has 0 heterocycles. The number of hydrogen-bond acceptors (Lipinski definition) is 5. The summed E-state index contributed by atoms with van der Waals surface area (Å²) < 4.78 is 31.6. The summed E-state index contributed by atoms with van der Waals surface area (Å²) >= 11 is 0. The fourth-order valence-electron chi connectivity index (χ4n) is 2.31. The molecule has 0 aromatic heterocycles. The molecule has 0 aromatic rings. The van der Waals surface area contributed by atoms with Gasteiger partial charge in [0.15, 0.2) is 0 Å². The molecule has 1 amide bonds.